The Morgan fingerprint density at radius 2 is 2.36 bits per heavy atom. The van der Waals surface area contributed by atoms with Gasteiger partial charge in [0.15, 0.2) is 0 Å². The molecule has 0 aliphatic rings. The lowest BCUT2D eigenvalue weighted by Gasteiger charge is -1.97. The number of rotatable bonds is 3. The maximum absolute atomic E-state index is 4.02. The summed E-state index contributed by atoms with van der Waals surface area (Å²) in [6, 6.07) is 0. The molecule has 0 radical (unpaired) electrons. The van der Waals surface area contributed by atoms with Crippen LogP contribution in [0.5, 0.6) is 0 Å². The van der Waals surface area contributed by atoms with Crippen LogP contribution >= 0.6 is 32.9 Å². The van der Waals surface area contributed by atoms with Crippen molar-refractivity contribution in [3.8, 4) is 0 Å². The first-order chi connectivity index (χ1) is 4.84. The van der Waals surface area contributed by atoms with Gasteiger partial charge in [-0.15, -0.1) is 17.0 Å². The molecule has 0 unspecified atom stereocenters. The van der Waals surface area contributed by atoms with Crippen molar-refractivity contribution in [2.24, 2.45) is 7.05 Å². The van der Waals surface area contributed by atoms with Gasteiger partial charge in [-0.05, 0) is 12.8 Å². The van der Waals surface area contributed by atoms with Crippen LogP contribution in [-0.4, -0.2) is 14.9 Å². The van der Waals surface area contributed by atoms with Crippen LogP contribution in [-0.2, 0) is 13.5 Å². The van der Waals surface area contributed by atoms with Crippen molar-refractivity contribution in [2.75, 3.05) is 5.33 Å². The Labute approximate surface area is 85.9 Å². The fourth-order valence-corrected chi connectivity index (χ4v) is 1.15. The van der Waals surface area contributed by atoms with Gasteiger partial charge in [-0.2, -0.15) is 0 Å². The van der Waals surface area contributed by atoms with E-state index in [4.69, 9.17) is 0 Å². The topological polar surface area (TPSA) is 17.8 Å². The van der Waals surface area contributed by atoms with E-state index in [0.717, 1.165) is 11.8 Å². The number of aryl methyl sites for hydroxylation is 2. The van der Waals surface area contributed by atoms with Crippen LogP contribution in [0.15, 0.2) is 12.5 Å². The Kier molecular flexibility index (Phi) is 5.86. The smallest absolute Gasteiger partial charge is 0.0945 e. The van der Waals surface area contributed by atoms with Crippen LogP contribution < -0.4 is 0 Å². The lowest BCUT2D eigenvalue weighted by atomic mass is 10.3. The number of nitrogens with zero attached hydrogens (tertiary/aromatic N) is 2. The SMILES string of the molecule is Br.Cn1cncc1CCCBr. The third-order valence-corrected chi connectivity index (χ3v) is 2.04. The molecule has 1 rings (SSSR count). The van der Waals surface area contributed by atoms with Gasteiger partial charge in [-0.1, -0.05) is 15.9 Å². The van der Waals surface area contributed by atoms with E-state index in [1.807, 2.05) is 19.6 Å². The van der Waals surface area contributed by atoms with E-state index < -0.39 is 0 Å². The highest BCUT2D eigenvalue weighted by atomic mass is 79.9. The van der Waals surface area contributed by atoms with E-state index in [1.165, 1.54) is 12.1 Å². The summed E-state index contributed by atoms with van der Waals surface area (Å²) in [7, 11) is 2.02. The average Bonchev–Trinajstić information content (AvgIpc) is 2.31. The lowest BCUT2D eigenvalue weighted by molar-refractivity contribution is 0.791. The predicted octanol–water partition coefficient (Wildman–Crippen LogP) is 2.33. The Hall–Kier alpha value is 0.170. The van der Waals surface area contributed by atoms with E-state index in [1.54, 1.807) is 0 Å². The third kappa shape index (κ3) is 3.38. The molecule has 2 nitrogen and oxygen atoms in total. The van der Waals surface area contributed by atoms with Crippen LogP contribution in [0.2, 0.25) is 0 Å². The average molecular weight is 284 g/mol. The second-order valence-electron chi connectivity index (χ2n) is 2.29. The first-order valence-electron chi connectivity index (χ1n) is 3.35. The molecular formula is C7H12Br2N2. The standard InChI is InChI=1S/C7H11BrN2.BrH/c1-10-6-9-5-7(10)3-2-4-8;/h5-6H,2-4H2,1H3;1H. The van der Waals surface area contributed by atoms with E-state index >= 15 is 0 Å². The minimum Gasteiger partial charge on any atom is -0.338 e. The Morgan fingerprint density at radius 1 is 1.64 bits per heavy atom. The summed E-state index contributed by atoms with van der Waals surface area (Å²) in [5, 5.41) is 1.07. The largest absolute Gasteiger partial charge is 0.338 e. The molecule has 0 aliphatic carbocycles. The van der Waals surface area contributed by atoms with E-state index in [0.29, 0.717) is 0 Å². The van der Waals surface area contributed by atoms with Gasteiger partial charge in [0, 0.05) is 24.3 Å². The lowest BCUT2D eigenvalue weighted by Crippen LogP contribution is -1.94. The first-order valence-corrected chi connectivity index (χ1v) is 4.48. The molecule has 0 aromatic carbocycles. The molecular weight excluding hydrogens is 272 g/mol. The molecule has 1 aromatic heterocycles. The van der Waals surface area contributed by atoms with E-state index in [2.05, 4.69) is 25.5 Å². The molecule has 4 heteroatoms. The summed E-state index contributed by atoms with van der Waals surface area (Å²) >= 11 is 3.39. The van der Waals surface area contributed by atoms with Gasteiger partial charge in [-0.3, -0.25) is 0 Å². The second kappa shape index (κ2) is 5.77. The van der Waals surface area contributed by atoms with Crippen molar-refractivity contribution >= 4 is 32.9 Å². The highest BCUT2D eigenvalue weighted by molar-refractivity contribution is 9.09. The van der Waals surface area contributed by atoms with Gasteiger partial charge in [0.05, 0.1) is 6.33 Å². The summed E-state index contributed by atoms with van der Waals surface area (Å²) in [5.74, 6) is 0. The highest BCUT2D eigenvalue weighted by Crippen LogP contribution is 2.01. The maximum Gasteiger partial charge on any atom is 0.0945 e. The van der Waals surface area contributed by atoms with Gasteiger partial charge in [0.1, 0.15) is 0 Å². The van der Waals surface area contributed by atoms with Gasteiger partial charge < -0.3 is 4.57 Å². The van der Waals surface area contributed by atoms with Crippen LogP contribution in [0.1, 0.15) is 12.1 Å². The highest BCUT2D eigenvalue weighted by Gasteiger charge is 1.95. The van der Waals surface area contributed by atoms with Gasteiger partial charge >= 0.3 is 0 Å². The predicted molar refractivity (Wildman–Crippen MR) is 55.6 cm³/mol. The Morgan fingerprint density at radius 3 is 2.82 bits per heavy atom. The van der Waals surface area contributed by atoms with Crippen LogP contribution in [0, 0.1) is 0 Å². The Bertz CT molecular complexity index is 198. The molecule has 1 aromatic rings. The van der Waals surface area contributed by atoms with Gasteiger partial charge in [0.25, 0.3) is 0 Å². The van der Waals surface area contributed by atoms with Crippen molar-refractivity contribution in [2.45, 2.75) is 12.8 Å². The number of hydrogen-bond donors (Lipinski definition) is 0. The fraction of sp³-hybridized carbons (Fsp3) is 0.571. The Balaban J connectivity index is 0.000001000. The summed E-state index contributed by atoms with van der Waals surface area (Å²) in [6.45, 7) is 0. The van der Waals surface area contributed by atoms with Crippen LogP contribution in [0.3, 0.4) is 0 Å². The number of alkyl halides is 1. The zero-order valence-electron chi connectivity index (χ0n) is 6.46. The van der Waals surface area contributed by atoms with E-state index in [-0.39, 0.29) is 17.0 Å². The number of imidazole rings is 1. The number of aromatic nitrogens is 2. The molecule has 0 spiro atoms. The fourth-order valence-electron chi connectivity index (χ4n) is 0.873. The normalized spacial score (nSPS) is 9.27. The maximum atomic E-state index is 4.02. The third-order valence-electron chi connectivity index (χ3n) is 1.48. The monoisotopic (exact) mass is 282 g/mol. The summed E-state index contributed by atoms with van der Waals surface area (Å²) in [6.07, 6.45) is 6.05. The molecule has 0 saturated carbocycles. The molecule has 0 atom stereocenters. The molecule has 0 N–H and O–H groups in total. The summed E-state index contributed by atoms with van der Waals surface area (Å²) in [4.78, 5) is 4.02. The molecule has 0 saturated heterocycles. The van der Waals surface area contributed by atoms with Crippen LogP contribution in [0.25, 0.3) is 0 Å². The zero-order chi connectivity index (χ0) is 7.40. The van der Waals surface area contributed by atoms with Gasteiger partial charge in [-0.25, -0.2) is 4.98 Å². The summed E-state index contributed by atoms with van der Waals surface area (Å²) < 4.78 is 2.06. The zero-order valence-corrected chi connectivity index (χ0v) is 9.76. The molecule has 64 valence electrons. The number of hydrogen-bond acceptors (Lipinski definition) is 1. The molecule has 11 heavy (non-hydrogen) atoms. The van der Waals surface area contributed by atoms with Crippen molar-refractivity contribution in [1.29, 1.82) is 0 Å². The van der Waals surface area contributed by atoms with Crippen molar-refractivity contribution in [3.05, 3.63) is 18.2 Å². The molecule has 1 heterocycles. The summed E-state index contributed by atoms with van der Waals surface area (Å²) in [5.41, 5.74) is 1.31. The quantitative estimate of drug-likeness (QED) is 0.779. The molecule has 0 fully saturated rings. The molecule has 0 bridgehead atoms. The van der Waals surface area contributed by atoms with Crippen molar-refractivity contribution in [1.82, 2.24) is 9.55 Å². The number of halogens is 2. The minimum absolute atomic E-state index is 0. The van der Waals surface area contributed by atoms with Crippen molar-refractivity contribution < 1.29 is 0 Å². The molecule has 0 amide bonds. The molecule has 0 aliphatic heterocycles. The minimum atomic E-state index is 0. The van der Waals surface area contributed by atoms with Crippen LogP contribution in [0.4, 0.5) is 0 Å². The van der Waals surface area contributed by atoms with Gasteiger partial charge in [0.2, 0.25) is 0 Å². The second-order valence-corrected chi connectivity index (χ2v) is 3.08. The van der Waals surface area contributed by atoms with Crippen molar-refractivity contribution in [3.63, 3.8) is 0 Å². The van der Waals surface area contributed by atoms with E-state index in [9.17, 15) is 0 Å². The first kappa shape index (κ1) is 11.2.